The number of nitrogens with one attached hydrogen (secondary N) is 1. The normalized spacial score (nSPS) is 16.6. The smallest absolute Gasteiger partial charge is 0.317 e. The highest BCUT2D eigenvalue weighted by molar-refractivity contribution is 6.00. The topological polar surface area (TPSA) is 115 Å². The van der Waals surface area contributed by atoms with Crippen molar-refractivity contribution >= 4 is 60.0 Å². The molecule has 198 valence electrons. The molecule has 4 aromatic rings. The molecule has 0 spiro atoms. The van der Waals surface area contributed by atoms with Crippen LogP contribution >= 0.6 is 37.2 Å². The lowest BCUT2D eigenvalue weighted by atomic mass is 9.91. The van der Waals surface area contributed by atoms with Crippen molar-refractivity contribution in [2.75, 3.05) is 12.3 Å². The van der Waals surface area contributed by atoms with Crippen LogP contribution in [0, 0.1) is 0 Å². The Labute approximate surface area is 233 Å². The minimum absolute atomic E-state index is 0. The molecule has 2 heterocycles. The highest BCUT2D eigenvalue weighted by Gasteiger charge is 2.26. The minimum Gasteiger partial charge on any atom is -0.480 e. The van der Waals surface area contributed by atoms with Crippen LogP contribution in [-0.2, 0) is 4.79 Å². The number of rotatable bonds is 7. The zero-order chi connectivity index (χ0) is 23.5. The molecule has 1 aliphatic carbocycles. The molecule has 0 atom stereocenters. The number of ether oxygens (including phenoxy) is 1. The quantitative estimate of drug-likeness (QED) is 0.255. The number of fused-ring (bicyclic) bond motifs is 1. The highest BCUT2D eigenvalue weighted by Crippen LogP contribution is 2.38. The van der Waals surface area contributed by atoms with E-state index in [0.717, 1.165) is 59.3 Å². The third-order valence-corrected chi connectivity index (χ3v) is 6.41. The zero-order valence-electron chi connectivity index (χ0n) is 19.9. The number of nitrogen functional groups attached to an aromatic ring is 1. The van der Waals surface area contributed by atoms with Gasteiger partial charge in [-0.3, -0.25) is 4.79 Å². The molecule has 0 unspecified atom stereocenters. The van der Waals surface area contributed by atoms with Crippen molar-refractivity contribution in [2.24, 2.45) is 0 Å². The van der Waals surface area contributed by atoms with Gasteiger partial charge in [-0.25, -0.2) is 9.97 Å². The fourth-order valence-electron chi connectivity index (χ4n) is 4.72. The Kier molecular flexibility index (Phi) is 11.0. The largest absolute Gasteiger partial charge is 0.480 e. The molecular weight excluding hydrogens is 537 g/mol. The minimum atomic E-state index is -0.824. The molecule has 0 radical (unpaired) electrons. The molecule has 37 heavy (non-hydrogen) atoms. The van der Waals surface area contributed by atoms with Crippen molar-refractivity contribution in [3.63, 3.8) is 0 Å². The van der Waals surface area contributed by atoms with Crippen LogP contribution in [0.3, 0.4) is 0 Å². The molecule has 1 aliphatic rings. The van der Waals surface area contributed by atoms with Gasteiger partial charge in [-0.05, 0) is 55.5 Å². The van der Waals surface area contributed by atoms with Gasteiger partial charge in [0.2, 0.25) is 0 Å². The van der Waals surface area contributed by atoms with Gasteiger partial charge < -0.3 is 25.5 Å². The van der Waals surface area contributed by atoms with Crippen molar-refractivity contribution in [1.82, 2.24) is 19.9 Å². The number of carboxylic acids is 1. The van der Waals surface area contributed by atoms with Gasteiger partial charge in [-0.1, -0.05) is 30.3 Å². The van der Waals surface area contributed by atoms with Gasteiger partial charge in [0.05, 0.1) is 11.9 Å². The van der Waals surface area contributed by atoms with Crippen molar-refractivity contribution in [3.8, 4) is 22.6 Å². The summed E-state index contributed by atoms with van der Waals surface area (Å²) in [6.07, 6.45) is 7.34. The number of anilines is 1. The van der Waals surface area contributed by atoms with Gasteiger partial charge in [-0.15, -0.1) is 37.2 Å². The summed E-state index contributed by atoms with van der Waals surface area (Å²) in [4.78, 5) is 19.7. The standard InChI is InChI=1S/C26H27N5O3.3ClH/c27-25-24-22(17-6-12-21(13-7-17)34-20-4-2-1-3-5-20)15-31(26(24)30-16-29-25)19-10-8-18(9-11-19)28-14-23(32)33;;;/h1-7,12-13,15-16,18-19,28H,8-11,14H2,(H,32,33)(H2,27,29,30);3*1H. The summed E-state index contributed by atoms with van der Waals surface area (Å²) in [6.45, 7) is -0.000325. The lowest BCUT2D eigenvalue weighted by Crippen LogP contribution is -2.36. The fourth-order valence-corrected chi connectivity index (χ4v) is 4.72. The average molecular weight is 567 g/mol. The maximum Gasteiger partial charge on any atom is 0.317 e. The van der Waals surface area contributed by atoms with Crippen molar-refractivity contribution < 1.29 is 14.6 Å². The number of benzene rings is 2. The van der Waals surface area contributed by atoms with E-state index in [-0.39, 0.29) is 55.8 Å². The number of nitrogens with zero attached hydrogens (tertiary/aromatic N) is 3. The first-order valence-electron chi connectivity index (χ1n) is 11.5. The van der Waals surface area contributed by atoms with E-state index < -0.39 is 5.97 Å². The summed E-state index contributed by atoms with van der Waals surface area (Å²) in [5, 5.41) is 12.9. The van der Waals surface area contributed by atoms with Gasteiger partial charge in [0.25, 0.3) is 0 Å². The van der Waals surface area contributed by atoms with E-state index in [9.17, 15) is 4.79 Å². The molecule has 5 rings (SSSR count). The van der Waals surface area contributed by atoms with Crippen LogP contribution in [0.5, 0.6) is 11.5 Å². The van der Waals surface area contributed by atoms with Crippen LogP contribution in [0.2, 0.25) is 0 Å². The lowest BCUT2D eigenvalue weighted by molar-refractivity contribution is -0.136. The Balaban J connectivity index is 0.00000160. The zero-order valence-corrected chi connectivity index (χ0v) is 22.4. The van der Waals surface area contributed by atoms with Crippen LogP contribution in [0.25, 0.3) is 22.2 Å². The number of hydrogen-bond donors (Lipinski definition) is 3. The third kappa shape index (κ3) is 6.84. The number of aliphatic carboxylic acids is 1. The Bertz CT molecular complexity index is 1290. The molecule has 4 N–H and O–H groups in total. The Morgan fingerprint density at radius 1 is 0.973 bits per heavy atom. The molecule has 1 fully saturated rings. The summed E-state index contributed by atoms with van der Waals surface area (Å²) in [5.41, 5.74) is 9.14. The number of hydrogen-bond acceptors (Lipinski definition) is 6. The summed E-state index contributed by atoms with van der Waals surface area (Å²) >= 11 is 0. The molecule has 11 heteroatoms. The monoisotopic (exact) mass is 565 g/mol. The predicted molar refractivity (Wildman–Crippen MR) is 153 cm³/mol. The van der Waals surface area contributed by atoms with Gasteiger partial charge in [0.1, 0.15) is 29.3 Å². The second-order valence-corrected chi connectivity index (χ2v) is 8.63. The second kappa shape index (κ2) is 13.5. The maximum atomic E-state index is 10.9. The van der Waals surface area contributed by atoms with Gasteiger partial charge in [0, 0.05) is 23.8 Å². The number of para-hydroxylation sites is 1. The molecule has 1 saturated carbocycles. The first kappa shape index (κ1) is 30.2. The number of carbonyl (C=O) groups is 1. The summed E-state index contributed by atoms with van der Waals surface area (Å²) in [6, 6.07) is 18.1. The maximum absolute atomic E-state index is 10.9. The number of nitrogens with two attached hydrogens (primary N) is 1. The summed E-state index contributed by atoms with van der Waals surface area (Å²) in [5.74, 6) is 1.18. The van der Waals surface area contributed by atoms with Crippen LogP contribution in [-0.4, -0.2) is 38.2 Å². The van der Waals surface area contributed by atoms with Crippen LogP contribution in [0.15, 0.2) is 67.1 Å². The number of halogens is 3. The SMILES string of the molecule is Cl.Cl.Cl.Nc1ncnc2c1c(-c1ccc(Oc3ccccc3)cc1)cn2C1CCC(NCC(=O)O)CC1. The molecule has 0 saturated heterocycles. The molecule has 2 aromatic heterocycles. The molecular formula is C26H30Cl3N5O3. The highest BCUT2D eigenvalue weighted by atomic mass is 35.5. The van der Waals surface area contributed by atoms with E-state index >= 15 is 0 Å². The van der Waals surface area contributed by atoms with E-state index in [0.29, 0.717) is 5.82 Å². The second-order valence-electron chi connectivity index (χ2n) is 8.63. The van der Waals surface area contributed by atoms with Gasteiger partial charge in [0.15, 0.2) is 0 Å². The van der Waals surface area contributed by atoms with E-state index in [2.05, 4.69) is 26.0 Å². The van der Waals surface area contributed by atoms with E-state index in [1.165, 1.54) is 6.33 Å². The average Bonchev–Trinajstić information content (AvgIpc) is 3.25. The predicted octanol–water partition coefficient (Wildman–Crippen LogP) is 5.90. The molecule has 8 nitrogen and oxygen atoms in total. The van der Waals surface area contributed by atoms with Crippen LogP contribution in [0.1, 0.15) is 31.7 Å². The molecule has 2 aromatic carbocycles. The van der Waals surface area contributed by atoms with Crippen molar-refractivity contribution in [3.05, 3.63) is 67.1 Å². The van der Waals surface area contributed by atoms with E-state index in [1.54, 1.807) is 0 Å². The number of carboxylic acid groups (broad SMARTS) is 1. The van der Waals surface area contributed by atoms with Gasteiger partial charge >= 0.3 is 5.97 Å². The molecule has 0 amide bonds. The third-order valence-electron chi connectivity index (χ3n) is 6.41. The fraction of sp³-hybridized carbons (Fsp3) is 0.269. The van der Waals surface area contributed by atoms with E-state index in [1.807, 2.05) is 54.6 Å². The lowest BCUT2D eigenvalue weighted by Gasteiger charge is -2.30. The van der Waals surface area contributed by atoms with Gasteiger partial charge in [-0.2, -0.15) is 0 Å². The molecule has 0 bridgehead atoms. The van der Waals surface area contributed by atoms with Crippen molar-refractivity contribution in [1.29, 1.82) is 0 Å². The summed E-state index contributed by atoms with van der Waals surface area (Å²) in [7, 11) is 0. The number of aromatic nitrogens is 3. The first-order valence-corrected chi connectivity index (χ1v) is 11.5. The van der Waals surface area contributed by atoms with Crippen LogP contribution < -0.4 is 15.8 Å². The Hall–Kier alpha value is -3.04. The van der Waals surface area contributed by atoms with E-state index in [4.69, 9.17) is 15.6 Å². The molecule has 0 aliphatic heterocycles. The van der Waals surface area contributed by atoms with Crippen molar-refractivity contribution in [2.45, 2.75) is 37.8 Å². The summed E-state index contributed by atoms with van der Waals surface area (Å²) < 4.78 is 8.14. The Morgan fingerprint density at radius 2 is 1.62 bits per heavy atom. The Morgan fingerprint density at radius 3 is 2.27 bits per heavy atom. The van der Waals surface area contributed by atoms with Crippen LogP contribution in [0.4, 0.5) is 5.82 Å². The first-order chi connectivity index (χ1) is 16.6.